The predicted molar refractivity (Wildman–Crippen MR) is 156 cm³/mol. The van der Waals surface area contributed by atoms with E-state index in [2.05, 4.69) is 21.6 Å². The highest BCUT2D eigenvalue weighted by atomic mass is 19.1. The Balaban J connectivity index is 1.37. The molecule has 2 aliphatic rings. The van der Waals surface area contributed by atoms with E-state index in [-0.39, 0.29) is 24.6 Å². The highest BCUT2D eigenvalue weighted by Gasteiger charge is 2.34. The molecule has 2 unspecified atom stereocenters. The molecule has 1 N–H and O–H groups in total. The fraction of sp³-hybridized carbons (Fsp3) is 0.344. The van der Waals surface area contributed by atoms with Crippen molar-refractivity contribution >= 4 is 11.7 Å². The van der Waals surface area contributed by atoms with Crippen molar-refractivity contribution in [1.82, 2.24) is 25.1 Å². The Morgan fingerprint density at radius 2 is 1.95 bits per heavy atom. The first-order valence-electron chi connectivity index (χ1n) is 14.1. The molecule has 0 bridgehead atoms. The van der Waals surface area contributed by atoms with E-state index in [9.17, 15) is 10.1 Å². The summed E-state index contributed by atoms with van der Waals surface area (Å²) in [6.45, 7) is 4.49. The van der Waals surface area contributed by atoms with E-state index in [1.807, 2.05) is 39.1 Å². The number of methoxy groups -OCH3 is 1. The van der Waals surface area contributed by atoms with E-state index < -0.39 is 5.82 Å². The summed E-state index contributed by atoms with van der Waals surface area (Å²) in [5, 5.41) is 21.2. The smallest absolute Gasteiger partial charge is 0.260 e. The van der Waals surface area contributed by atoms with Crippen molar-refractivity contribution in [3.63, 3.8) is 0 Å². The number of halogens is 1. The lowest BCUT2D eigenvalue weighted by Gasteiger charge is -2.20. The van der Waals surface area contributed by atoms with E-state index in [0.717, 1.165) is 35.2 Å². The average molecular weight is 566 g/mol. The number of hydrogen-bond acceptors (Lipinski definition) is 7. The Morgan fingerprint density at radius 1 is 1.14 bits per heavy atom. The minimum Gasteiger partial charge on any atom is -0.380 e. The molecule has 3 heterocycles. The largest absolute Gasteiger partial charge is 0.380 e. The van der Waals surface area contributed by atoms with Gasteiger partial charge in [-0.15, -0.1) is 10.2 Å². The SMILES string of the molecule is COC(C)C(C)NCc1cc(F)c2c(c1)C(=O)N(c1cc(-c3ccc(C#N)cc3-c3nncn3C)cc(C3CC3)n1)C2. The van der Waals surface area contributed by atoms with Gasteiger partial charge in [-0.3, -0.25) is 9.69 Å². The van der Waals surface area contributed by atoms with Crippen molar-refractivity contribution < 1.29 is 13.9 Å². The number of benzene rings is 2. The molecule has 1 fully saturated rings. The van der Waals surface area contributed by atoms with Crippen LogP contribution in [0.1, 0.15) is 65.3 Å². The van der Waals surface area contributed by atoms with Crippen LogP contribution in [-0.2, 0) is 24.9 Å². The van der Waals surface area contributed by atoms with Crippen LogP contribution < -0.4 is 10.2 Å². The number of anilines is 1. The summed E-state index contributed by atoms with van der Waals surface area (Å²) in [5.41, 5.74) is 5.28. The Labute approximate surface area is 244 Å². The standard InChI is InChI=1S/C32H32FN7O2/c1-18(19(2)42-4)35-15-21-10-26-27(28(33)11-21)16-40(32(26)41)30-13-23(12-29(37-30)22-6-7-22)24-8-5-20(14-34)9-25(24)31-38-36-17-39(31)3/h5,8-13,17-19,22,35H,6-7,15-16H2,1-4H3. The maximum Gasteiger partial charge on any atom is 0.260 e. The molecule has 42 heavy (non-hydrogen) atoms. The second-order valence-electron chi connectivity index (χ2n) is 11.2. The van der Waals surface area contributed by atoms with Crippen LogP contribution in [0.3, 0.4) is 0 Å². The van der Waals surface area contributed by atoms with Crippen molar-refractivity contribution in [3.8, 4) is 28.6 Å². The van der Waals surface area contributed by atoms with Gasteiger partial charge in [-0.25, -0.2) is 9.37 Å². The number of nitriles is 1. The highest BCUT2D eigenvalue weighted by molar-refractivity contribution is 6.10. The molecule has 214 valence electrons. The first-order chi connectivity index (χ1) is 20.3. The zero-order valence-electron chi connectivity index (χ0n) is 24.1. The van der Waals surface area contributed by atoms with Crippen LogP contribution in [0.15, 0.2) is 48.8 Å². The first kappa shape index (κ1) is 27.7. The molecule has 1 amide bonds. The molecule has 4 aromatic rings. The van der Waals surface area contributed by atoms with Gasteiger partial charge in [-0.05, 0) is 79.8 Å². The van der Waals surface area contributed by atoms with Crippen molar-refractivity contribution in [2.75, 3.05) is 12.0 Å². The number of fused-ring (bicyclic) bond motifs is 1. The van der Waals surface area contributed by atoms with E-state index in [1.165, 1.54) is 6.07 Å². The minimum absolute atomic E-state index is 0.00861. The number of pyridine rings is 1. The molecule has 1 aliphatic heterocycles. The van der Waals surface area contributed by atoms with Crippen LogP contribution in [0.2, 0.25) is 0 Å². The maximum atomic E-state index is 15.4. The normalized spacial score (nSPS) is 15.9. The fourth-order valence-electron chi connectivity index (χ4n) is 5.35. The molecule has 1 aliphatic carbocycles. The van der Waals surface area contributed by atoms with E-state index >= 15 is 4.39 Å². The third-order valence-electron chi connectivity index (χ3n) is 8.27. The zero-order valence-corrected chi connectivity index (χ0v) is 24.1. The summed E-state index contributed by atoms with van der Waals surface area (Å²) in [6, 6.07) is 14.9. The number of carbonyl (C=O) groups is 1. The molecule has 9 nitrogen and oxygen atoms in total. The second kappa shape index (κ2) is 11.1. The Hall–Kier alpha value is -4.46. The number of carbonyl (C=O) groups excluding carboxylic acids is 1. The molecule has 2 atom stereocenters. The fourth-order valence-corrected chi connectivity index (χ4v) is 5.35. The van der Waals surface area contributed by atoms with Gasteiger partial charge in [0.25, 0.3) is 5.91 Å². The molecular formula is C32H32FN7O2. The number of amides is 1. The van der Waals surface area contributed by atoms with Crippen molar-refractivity contribution in [2.45, 2.75) is 57.8 Å². The zero-order chi connectivity index (χ0) is 29.5. The molecule has 0 saturated heterocycles. The van der Waals surface area contributed by atoms with Crippen LogP contribution in [0.25, 0.3) is 22.5 Å². The third kappa shape index (κ3) is 5.17. The quantitative estimate of drug-likeness (QED) is 0.301. The summed E-state index contributed by atoms with van der Waals surface area (Å²) in [6.07, 6.45) is 3.66. The molecule has 2 aromatic heterocycles. The molecule has 0 radical (unpaired) electrons. The minimum atomic E-state index is -0.400. The number of nitrogens with zero attached hydrogens (tertiary/aromatic N) is 6. The van der Waals surface area contributed by atoms with Crippen LogP contribution in [0, 0.1) is 17.1 Å². The van der Waals surface area contributed by atoms with Gasteiger partial charge in [0.15, 0.2) is 5.82 Å². The second-order valence-corrected chi connectivity index (χ2v) is 11.2. The monoisotopic (exact) mass is 565 g/mol. The molecule has 2 aromatic carbocycles. The van der Waals surface area contributed by atoms with Crippen molar-refractivity contribution in [2.24, 2.45) is 7.05 Å². The van der Waals surface area contributed by atoms with Crippen molar-refractivity contribution in [1.29, 1.82) is 5.26 Å². The van der Waals surface area contributed by atoms with Gasteiger partial charge < -0.3 is 14.6 Å². The van der Waals surface area contributed by atoms with Crippen LogP contribution >= 0.6 is 0 Å². The van der Waals surface area contributed by atoms with Gasteiger partial charge in [0.2, 0.25) is 0 Å². The summed E-state index contributed by atoms with van der Waals surface area (Å²) in [7, 11) is 3.50. The number of aryl methyl sites for hydroxylation is 1. The highest BCUT2D eigenvalue weighted by Crippen LogP contribution is 2.43. The Kier molecular flexibility index (Phi) is 7.31. The Bertz CT molecular complexity index is 1720. The number of hydrogen-bond donors (Lipinski definition) is 1. The van der Waals surface area contributed by atoms with Gasteiger partial charge in [0.1, 0.15) is 18.0 Å². The van der Waals surface area contributed by atoms with Crippen LogP contribution in [-0.4, -0.2) is 44.9 Å². The van der Waals surface area contributed by atoms with Crippen LogP contribution in [0.5, 0.6) is 0 Å². The molecular weight excluding hydrogens is 533 g/mol. The van der Waals surface area contributed by atoms with Crippen LogP contribution in [0.4, 0.5) is 10.2 Å². The Morgan fingerprint density at radius 3 is 2.64 bits per heavy atom. The number of ether oxygens (including phenoxy) is 1. The van der Waals surface area contributed by atoms with Gasteiger partial charge >= 0.3 is 0 Å². The van der Waals surface area contributed by atoms with E-state index in [4.69, 9.17) is 9.72 Å². The number of aromatic nitrogens is 4. The number of rotatable bonds is 9. The number of nitrogens with one attached hydrogen (secondary N) is 1. The lowest BCUT2D eigenvalue weighted by molar-refractivity contribution is 0.0882. The summed E-state index contributed by atoms with van der Waals surface area (Å²) in [4.78, 5) is 20.2. The lowest BCUT2D eigenvalue weighted by Crippen LogP contribution is -2.36. The maximum absolute atomic E-state index is 15.4. The van der Waals surface area contributed by atoms with Gasteiger partial charge in [0.05, 0.1) is 24.3 Å². The molecule has 10 heteroatoms. The lowest BCUT2D eigenvalue weighted by atomic mass is 9.96. The summed E-state index contributed by atoms with van der Waals surface area (Å²) < 4.78 is 22.5. The molecule has 0 spiro atoms. The van der Waals surface area contributed by atoms with E-state index in [0.29, 0.717) is 46.4 Å². The first-order valence-corrected chi connectivity index (χ1v) is 14.1. The van der Waals surface area contributed by atoms with Crippen molar-refractivity contribution in [3.05, 3.63) is 82.6 Å². The predicted octanol–water partition coefficient (Wildman–Crippen LogP) is 5.11. The van der Waals surface area contributed by atoms with Gasteiger partial charge in [-0.2, -0.15) is 5.26 Å². The summed E-state index contributed by atoms with van der Waals surface area (Å²) in [5.74, 6) is 0.735. The van der Waals surface area contributed by atoms with Gasteiger partial charge in [0, 0.05) is 55.0 Å². The van der Waals surface area contributed by atoms with Gasteiger partial charge in [-0.1, -0.05) is 6.07 Å². The molecule has 1 saturated carbocycles. The third-order valence-corrected chi connectivity index (χ3v) is 8.27. The molecule has 6 rings (SSSR count). The summed E-state index contributed by atoms with van der Waals surface area (Å²) >= 11 is 0. The average Bonchev–Trinajstić information content (AvgIpc) is 3.69. The van der Waals surface area contributed by atoms with E-state index in [1.54, 1.807) is 41.1 Å². The topological polar surface area (TPSA) is 109 Å².